The van der Waals surface area contributed by atoms with Crippen molar-refractivity contribution >= 4 is 28.9 Å². The van der Waals surface area contributed by atoms with Crippen molar-refractivity contribution in [3.63, 3.8) is 0 Å². The Morgan fingerprint density at radius 2 is 1.69 bits per heavy atom. The number of hydrogen-bond acceptors (Lipinski definition) is 4. The molecule has 5 nitrogen and oxygen atoms in total. The van der Waals surface area contributed by atoms with Crippen molar-refractivity contribution in [2.24, 2.45) is 5.10 Å². The van der Waals surface area contributed by atoms with Gasteiger partial charge in [0.1, 0.15) is 5.82 Å². The molecule has 1 saturated heterocycles. The highest BCUT2D eigenvalue weighted by molar-refractivity contribution is 6.33. The third-order valence-corrected chi connectivity index (χ3v) is 4.93. The highest BCUT2D eigenvalue weighted by Crippen LogP contribution is 2.25. The first-order chi connectivity index (χ1) is 13.8. The van der Waals surface area contributed by atoms with Gasteiger partial charge in [-0.1, -0.05) is 11.6 Å². The lowest BCUT2D eigenvalue weighted by Gasteiger charge is -2.29. The molecule has 1 aliphatic heterocycles. The van der Waals surface area contributed by atoms with Gasteiger partial charge in [-0.15, -0.1) is 0 Å². The molecular formula is C20H19ClF3N3O2. The lowest BCUT2D eigenvalue weighted by atomic mass is 10.0. The maximum atomic E-state index is 14.7. The van der Waals surface area contributed by atoms with E-state index < -0.39 is 23.4 Å². The smallest absolute Gasteiger partial charge is 0.272 e. The van der Waals surface area contributed by atoms with E-state index in [1.165, 1.54) is 6.07 Å². The van der Waals surface area contributed by atoms with Crippen LogP contribution in [0.25, 0.3) is 0 Å². The van der Waals surface area contributed by atoms with Crippen molar-refractivity contribution in [3.8, 4) is 0 Å². The first-order valence-corrected chi connectivity index (χ1v) is 9.28. The minimum absolute atomic E-state index is 0.244. The maximum absolute atomic E-state index is 14.7. The lowest BCUT2D eigenvalue weighted by Crippen LogP contribution is -2.36. The zero-order chi connectivity index (χ0) is 21.1. The minimum Gasteiger partial charge on any atom is -0.378 e. The Bertz CT molecular complexity index is 976. The van der Waals surface area contributed by atoms with Gasteiger partial charge >= 0.3 is 0 Å². The SMILES string of the molecule is C/C(=N/NC(=O)c1cc(F)c(F)cc1Cl)c1cc(F)c(N2CCOCC2)cc1C. The summed E-state index contributed by atoms with van der Waals surface area (Å²) in [6.07, 6.45) is 0. The summed E-state index contributed by atoms with van der Waals surface area (Å²) < 4.78 is 46.5. The second kappa shape index (κ2) is 8.84. The van der Waals surface area contributed by atoms with E-state index in [-0.39, 0.29) is 10.6 Å². The number of anilines is 1. The van der Waals surface area contributed by atoms with Crippen LogP contribution in [0, 0.1) is 24.4 Å². The minimum atomic E-state index is -1.20. The fourth-order valence-electron chi connectivity index (χ4n) is 3.05. The van der Waals surface area contributed by atoms with Gasteiger partial charge in [0.2, 0.25) is 0 Å². The van der Waals surface area contributed by atoms with Crippen LogP contribution in [0.3, 0.4) is 0 Å². The van der Waals surface area contributed by atoms with Gasteiger partial charge in [-0.25, -0.2) is 18.6 Å². The van der Waals surface area contributed by atoms with Crippen LogP contribution in [0.15, 0.2) is 29.4 Å². The zero-order valence-corrected chi connectivity index (χ0v) is 16.6. The molecule has 0 unspecified atom stereocenters. The standard InChI is InChI=1S/C20H19ClF3N3O2/c1-11-7-19(27-3-5-29-6-4-27)18(24)8-13(11)12(2)25-26-20(28)14-9-16(22)17(23)10-15(14)21/h7-10H,3-6H2,1-2H3,(H,26,28)/b25-12-. The molecule has 2 aromatic rings. The van der Waals surface area contributed by atoms with Crippen LogP contribution in [0.2, 0.25) is 5.02 Å². The molecule has 1 heterocycles. The predicted molar refractivity (Wildman–Crippen MR) is 105 cm³/mol. The largest absolute Gasteiger partial charge is 0.378 e. The molecule has 0 radical (unpaired) electrons. The van der Waals surface area contributed by atoms with Crippen LogP contribution in [0.5, 0.6) is 0 Å². The molecule has 1 fully saturated rings. The molecule has 3 rings (SSSR count). The van der Waals surface area contributed by atoms with E-state index in [2.05, 4.69) is 10.5 Å². The van der Waals surface area contributed by atoms with Crippen LogP contribution >= 0.6 is 11.6 Å². The Labute approximate surface area is 171 Å². The van der Waals surface area contributed by atoms with Crippen LogP contribution < -0.4 is 10.3 Å². The third-order valence-electron chi connectivity index (χ3n) is 4.62. The van der Waals surface area contributed by atoms with E-state index in [0.717, 1.165) is 5.56 Å². The first-order valence-electron chi connectivity index (χ1n) is 8.90. The van der Waals surface area contributed by atoms with Gasteiger partial charge in [0.25, 0.3) is 5.91 Å². The highest BCUT2D eigenvalue weighted by atomic mass is 35.5. The summed E-state index contributed by atoms with van der Waals surface area (Å²) in [6.45, 7) is 5.70. The Kier molecular flexibility index (Phi) is 6.44. The third kappa shape index (κ3) is 4.71. The molecule has 1 N–H and O–H groups in total. The highest BCUT2D eigenvalue weighted by Gasteiger charge is 2.18. The average molecular weight is 426 g/mol. The molecule has 0 aromatic heterocycles. The summed E-state index contributed by atoms with van der Waals surface area (Å²) in [6, 6.07) is 4.49. The van der Waals surface area contributed by atoms with E-state index >= 15 is 0 Å². The van der Waals surface area contributed by atoms with E-state index in [0.29, 0.717) is 55.4 Å². The number of morpholine rings is 1. The molecular weight excluding hydrogens is 407 g/mol. The van der Waals surface area contributed by atoms with Gasteiger partial charge in [0.15, 0.2) is 11.6 Å². The summed E-state index contributed by atoms with van der Waals surface area (Å²) in [4.78, 5) is 14.1. The van der Waals surface area contributed by atoms with Gasteiger partial charge in [0.05, 0.1) is 35.2 Å². The number of rotatable bonds is 4. The molecule has 9 heteroatoms. The number of hydrogen-bond donors (Lipinski definition) is 1. The van der Waals surface area contributed by atoms with Crippen LogP contribution in [-0.4, -0.2) is 37.9 Å². The number of ether oxygens (including phenoxy) is 1. The Morgan fingerprint density at radius 1 is 1.07 bits per heavy atom. The topological polar surface area (TPSA) is 53.9 Å². The number of carbonyl (C=O) groups is 1. The fraction of sp³-hybridized carbons (Fsp3) is 0.300. The second-order valence-electron chi connectivity index (χ2n) is 6.60. The maximum Gasteiger partial charge on any atom is 0.272 e. The molecule has 154 valence electrons. The van der Waals surface area contributed by atoms with Gasteiger partial charge in [-0.05, 0) is 43.7 Å². The zero-order valence-electron chi connectivity index (χ0n) is 15.9. The molecule has 1 aliphatic rings. The summed E-state index contributed by atoms with van der Waals surface area (Å²) in [5.41, 5.74) is 4.10. The average Bonchev–Trinajstić information content (AvgIpc) is 2.70. The summed E-state index contributed by atoms with van der Waals surface area (Å²) in [5.74, 6) is -3.57. The number of nitrogens with one attached hydrogen (secondary N) is 1. The molecule has 0 spiro atoms. The van der Waals surface area contributed by atoms with Gasteiger partial charge in [-0.2, -0.15) is 5.10 Å². The number of nitrogens with zero attached hydrogens (tertiary/aromatic N) is 2. The van der Waals surface area contributed by atoms with Crippen LogP contribution in [0.4, 0.5) is 18.9 Å². The van der Waals surface area contributed by atoms with Crippen LogP contribution in [0.1, 0.15) is 28.4 Å². The monoisotopic (exact) mass is 425 g/mol. The van der Waals surface area contributed by atoms with Gasteiger partial charge in [-0.3, -0.25) is 4.79 Å². The quantitative estimate of drug-likeness (QED) is 0.456. The van der Waals surface area contributed by atoms with Crippen molar-refractivity contribution in [1.82, 2.24) is 5.43 Å². The van der Waals surface area contributed by atoms with E-state index in [9.17, 15) is 18.0 Å². The Hall–Kier alpha value is -2.58. The summed E-state index contributed by atoms with van der Waals surface area (Å²) >= 11 is 5.79. The van der Waals surface area contributed by atoms with E-state index in [1.807, 2.05) is 11.8 Å². The number of carbonyl (C=O) groups excluding carboxylic acids is 1. The fourth-order valence-corrected chi connectivity index (χ4v) is 3.29. The van der Waals surface area contributed by atoms with Crippen molar-refractivity contribution in [3.05, 3.63) is 63.4 Å². The summed E-state index contributed by atoms with van der Waals surface area (Å²) in [5, 5.41) is 3.71. The number of aryl methyl sites for hydroxylation is 1. The second-order valence-corrected chi connectivity index (χ2v) is 7.01. The van der Waals surface area contributed by atoms with Crippen molar-refractivity contribution in [1.29, 1.82) is 0 Å². The lowest BCUT2D eigenvalue weighted by molar-refractivity contribution is 0.0954. The van der Waals surface area contributed by atoms with Gasteiger partial charge < -0.3 is 9.64 Å². The first kappa shape index (κ1) is 21.1. The summed E-state index contributed by atoms with van der Waals surface area (Å²) in [7, 11) is 0. The Morgan fingerprint density at radius 3 is 2.38 bits per heavy atom. The molecule has 2 aromatic carbocycles. The normalized spacial score (nSPS) is 14.8. The number of halogens is 4. The van der Waals surface area contributed by atoms with Crippen molar-refractivity contribution in [2.75, 3.05) is 31.2 Å². The number of amides is 1. The molecule has 0 atom stereocenters. The molecule has 29 heavy (non-hydrogen) atoms. The molecule has 0 saturated carbocycles. The Balaban J connectivity index is 1.80. The van der Waals surface area contributed by atoms with Crippen molar-refractivity contribution < 1.29 is 22.7 Å². The van der Waals surface area contributed by atoms with Gasteiger partial charge in [0, 0.05) is 18.7 Å². The molecule has 1 amide bonds. The molecule has 0 aliphatic carbocycles. The number of hydrazone groups is 1. The number of benzene rings is 2. The van der Waals surface area contributed by atoms with E-state index in [4.69, 9.17) is 16.3 Å². The molecule has 0 bridgehead atoms. The van der Waals surface area contributed by atoms with E-state index in [1.54, 1.807) is 13.0 Å². The van der Waals surface area contributed by atoms with Crippen LogP contribution in [-0.2, 0) is 4.74 Å². The predicted octanol–water partition coefficient (Wildman–Crippen LogP) is 4.06. The van der Waals surface area contributed by atoms with Crippen molar-refractivity contribution in [2.45, 2.75) is 13.8 Å².